The van der Waals surface area contributed by atoms with E-state index in [2.05, 4.69) is 15.4 Å². The van der Waals surface area contributed by atoms with Gasteiger partial charge in [-0.3, -0.25) is 0 Å². The van der Waals surface area contributed by atoms with Crippen molar-refractivity contribution in [2.24, 2.45) is 0 Å². The predicted octanol–water partition coefficient (Wildman–Crippen LogP) is 0.357. The molecule has 94 valence electrons. The number of para-hydroxylation sites is 1. The molecule has 0 aromatic heterocycles. The van der Waals surface area contributed by atoms with Crippen LogP contribution in [0.1, 0.15) is 0 Å². The molecule has 17 heavy (non-hydrogen) atoms. The van der Waals surface area contributed by atoms with Crippen LogP contribution in [0.3, 0.4) is 0 Å². The summed E-state index contributed by atoms with van der Waals surface area (Å²) < 4.78 is 24.3. The highest BCUT2D eigenvalue weighted by molar-refractivity contribution is 7.89. The molecule has 1 aromatic carbocycles. The summed E-state index contributed by atoms with van der Waals surface area (Å²) in [7, 11) is -1.95. The van der Waals surface area contributed by atoms with Crippen LogP contribution >= 0.6 is 0 Å². The van der Waals surface area contributed by atoms with Crippen molar-refractivity contribution >= 4 is 21.7 Å². The molecule has 0 saturated heterocycles. The minimum absolute atomic E-state index is 0.0574. The van der Waals surface area contributed by atoms with Gasteiger partial charge >= 0.3 is 6.03 Å². The molecule has 7 heteroatoms. The van der Waals surface area contributed by atoms with Crippen molar-refractivity contribution in [3.05, 3.63) is 30.3 Å². The number of carbonyl (C=O) groups excluding carboxylic acids is 1. The first kappa shape index (κ1) is 13.5. The van der Waals surface area contributed by atoms with Gasteiger partial charge in [0.25, 0.3) is 0 Å². The third kappa shape index (κ3) is 5.32. The van der Waals surface area contributed by atoms with E-state index >= 15 is 0 Å². The molecule has 0 unspecified atom stereocenters. The SMILES string of the molecule is CNS(=O)(=O)CCNC(=O)Nc1ccccc1. The van der Waals surface area contributed by atoms with Crippen molar-refractivity contribution in [3.63, 3.8) is 0 Å². The van der Waals surface area contributed by atoms with E-state index in [1.54, 1.807) is 24.3 Å². The number of rotatable bonds is 5. The zero-order valence-electron chi connectivity index (χ0n) is 9.43. The minimum Gasteiger partial charge on any atom is -0.337 e. The molecular formula is C10H15N3O3S. The number of amides is 2. The minimum atomic E-state index is -3.28. The van der Waals surface area contributed by atoms with Crippen molar-refractivity contribution in [3.8, 4) is 0 Å². The zero-order chi connectivity index (χ0) is 12.7. The second kappa shape index (κ2) is 6.21. The highest BCUT2D eigenvalue weighted by Crippen LogP contribution is 2.03. The number of urea groups is 1. The van der Waals surface area contributed by atoms with E-state index in [4.69, 9.17) is 0 Å². The first-order valence-corrected chi connectivity index (χ1v) is 6.70. The fourth-order valence-electron chi connectivity index (χ4n) is 1.10. The highest BCUT2D eigenvalue weighted by Gasteiger charge is 2.07. The van der Waals surface area contributed by atoms with Gasteiger partial charge in [-0.2, -0.15) is 0 Å². The molecule has 0 heterocycles. The van der Waals surface area contributed by atoms with Crippen LogP contribution in [0.2, 0.25) is 0 Å². The van der Waals surface area contributed by atoms with Gasteiger partial charge in [0.05, 0.1) is 5.75 Å². The quantitative estimate of drug-likeness (QED) is 0.711. The summed E-state index contributed by atoms with van der Waals surface area (Å²) in [5.41, 5.74) is 0.654. The van der Waals surface area contributed by atoms with Gasteiger partial charge in [-0.05, 0) is 19.2 Å². The average Bonchev–Trinajstić information content (AvgIpc) is 2.30. The molecule has 3 N–H and O–H groups in total. The van der Waals surface area contributed by atoms with E-state index in [1.807, 2.05) is 6.07 Å². The molecule has 0 aliphatic carbocycles. The van der Waals surface area contributed by atoms with Crippen molar-refractivity contribution in [2.75, 3.05) is 24.7 Å². The highest BCUT2D eigenvalue weighted by atomic mass is 32.2. The Morgan fingerprint density at radius 3 is 2.47 bits per heavy atom. The summed E-state index contributed by atoms with van der Waals surface area (Å²) in [6.45, 7) is 0.0574. The number of anilines is 1. The smallest absolute Gasteiger partial charge is 0.319 e. The summed E-state index contributed by atoms with van der Waals surface area (Å²) in [6, 6.07) is 8.47. The summed E-state index contributed by atoms with van der Waals surface area (Å²) >= 11 is 0. The Morgan fingerprint density at radius 2 is 1.88 bits per heavy atom. The van der Waals surface area contributed by atoms with Crippen LogP contribution in [-0.4, -0.2) is 33.8 Å². The Balaban J connectivity index is 2.32. The molecule has 2 amide bonds. The first-order valence-electron chi connectivity index (χ1n) is 5.04. The largest absolute Gasteiger partial charge is 0.337 e. The topological polar surface area (TPSA) is 87.3 Å². The molecule has 0 aliphatic rings. The van der Waals surface area contributed by atoms with Crippen molar-refractivity contribution < 1.29 is 13.2 Å². The van der Waals surface area contributed by atoms with E-state index in [0.29, 0.717) is 5.69 Å². The summed E-state index contributed by atoms with van der Waals surface area (Å²) in [5, 5.41) is 5.03. The standard InChI is InChI=1S/C10H15N3O3S/c1-11-17(15,16)8-7-12-10(14)13-9-5-3-2-4-6-9/h2-6,11H,7-8H2,1H3,(H2,12,13,14). The Labute approximate surface area is 100 Å². The van der Waals surface area contributed by atoms with Crippen molar-refractivity contribution in [1.82, 2.24) is 10.0 Å². The average molecular weight is 257 g/mol. The maximum absolute atomic E-state index is 11.3. The number of hydrogen-bond acceptors (Lipinski definition) is 3. The Bertz CT molecular complexity index is 459. The molecular weight excluding hydrogens is 242 g/mol. The van der Waals surface area contributed by atoms with Gasteiger partial charge in [-0.15, -0.1) is 0 Å². The van der Waals surface area contributed by atoms with Crippen molar-refractivity contribution in [1.29, 1.82) is 0 Å². The fraction of sp³-hybridized carbons (Fsp3) is 0.300. The predicted molar refractivity (Wildman–Crippen MR) is 66.3 cm³/mol. The lowest BCUT2D eigenvalue weighted by Gasteiger charge is -2.07. The van der Waals surface area contributed by atoms with E-state index in [1.165, 1.54) is 7.05 Å². The molecule has 0 aliphatic heterocycles. The van der Waals surface area contributed by atoms with Gasteiger partial charge in [-0.1, -0.05) is 18.2 Å². The molecule has 0 fully saturated rings. The molecule has 1 aromatic rings. The van der Waals surface area contributed by atoms with Gasteiger partial charge in [0, 0.05) is 12.2 Å². The summed E-state index contributed by atoms with van der Waals surface area (Å²) in [4.78, 5) is 11.3. The number of carbonyl (C=O) groups is 1. The second-order valence-electron chi connectivity index (χ2n) is 3.27. The summed E-state index contributed by atoms with van der Waals surface area (Å²) in [5.74, 6) is -0.147. The molecule has 0 atom stereocenters. The van der Waals surface area contributed by atoms with Gasteiger partial charge in [-0.25, -0.2) is 17.9 Å². The maximum Gasteiger partial charge on any atom is 0.319 e. The lowest BCUT2D eigenvalue weighted by molar-refractivity contribution is 0.252. The number of benzene rings is 1. The van der Waals surface area contributed by atoms with Gasteiger partial charge in [0.1, 0.15) is 0 Å². The third-order valence-corrected chi connectivity index (χ3v) is 3.36. The molecule has 0 spiro atoms. The first-order chi connectivity index (χ1) is 8.03. The van der Waals surface area contributed by atoms with Crippen LogP contribution in [0.25, 0.3) is 0 Å². The van der Waals surface area contributed by atoms with E-state index in [-0.39, 0.29) is 12.3 Å². The van der Waals surface area contributed by atoms with Gasteiger partial charge < -0.3 is 10.6 Å². The fourth-order valence-corrected chi connectivity index (χ4v) is 1.67. The van der Waals surface area contributed by atoms with Crippen LogP contribution in [0.4, 0.5) is 10.5 Å². The second-order valence-corrected chi connectivity index (χ2v) is 5.32. The Hall–Kier alpha value is -1.60. The van der Waals surface area contributed by atoms with E-state index in [0.717, 1.165) is 0 Å². The van der Waals surface area contributed by atoms with Crippen molar-refractivity contribution in [2.45, 2.75) is 0 Å². The zero-order valence-corrected chi connectivity index (χ0v) is 10.3. The third-order valence-electron chi connectivity index (χ3n) is 2.00. The van der Waals surface area contributed by atoms with Crippen LogP contribution in [0.5, 0.6) is 0 Å². The molecule has 0 bridgehead atoms. The summed E-state index contributed by atoms with van der Waals surface area (Å²) in [6.07, 6.45) is 0. The number of nitrogens with one attached hydrogen (secondary N) is 3. The lowest BCUT2D eigenvalue weighted by atomic mass is 10.3. The maximum atomic E-state index is 11.3. The van der Waals surface area contributed by atoms with Crippen LogP contribution in [-0.2, 0) is 10.0 Å². The van der Waals surface area contributed by atoms with E-state index in [9.17, 15) is 13.2 Å². The van der Waals surface area contributed by atoms with Crippen LogP contribution in [0, 0.1) is 0 Å². The number of hydrogen-bond donors (Lipinski definition) is 3. The lowest BCUT2D eigenvalue weighted by Crippen LogP contribution is -2.35. The molecule has 0 radical (unpaired) electrons. The molecule has 0 saturated carbocycles. The van der Waals surface area contributed by atoms with E-state index < -0.39 is 16.1 Å². The van der Waals surface area contributed by atoms with Crippen LogP contribution in [0.15, 0.2) is 30.3 Å². The Morgan fingerprint density at radius 1 is 1.24 bits per heavy atom. The Kier molecular flexibility index (Phi) is 4.92. The van der Waals surface area contributed by atoms with Crippen LogP contribution < -0.4 is 15.4 Å². The van der Waals surface area contributed by atoms with Gasteiger partial charge in [0.15, 0.2) is 0 Å². The monoisotopic (exact) mass is 257 g/mol. The molecule has 6 nitrogen and oxygen atoms in total. The molecule has 1 rings (SSSR count). The van der Waals surface area contributed by atoms with Gasteiger partial charge in [0.2, 0.25) is 10.0 Å². The normalized spacial score (nSPS) is 10.9. The number of sulfonamides is 1.